The van der Waals surface area contributed by atoms with Gasteiger partial charge in [-0.3, -0.25) is 9.52 Å². The minimum absolute atomic E-state index is 0.127. The maximum atomic E-state index is 13.2. The zero-order valence-electron chi connectivity index (χ0n) is 19.0. The number of rotatable bonds is 7. The molecular weight excluding hydrogens is 472 g/mol. The first-order valence-corrected chi connectivity index (χ1v) is 12.6. The summed E-state index contributed by atoms with van der Waals surface area (Å²) in [4.78, 5) is 19.7. The molecule has 8 heteroatoms. The summed E-state index contributed by atoms with van der Waals surface area (Å²) >= 11 is 0. The summed E-state index contributed by atoms with van der Waals surface area (Å²) in [5, 5.41) is 0.525. The molecule has 178 valence electrons. The lowest BCUT2D eigenvalue weighted by Crippen LogP contribution is -2.13. The molecule has 0 saturated carbocycles. The molecular formula is C28H22N4O3S. The molecule has 0 saturated heterocycles. The Hall–Kier alpha value is -4.69. The first-order valence-electron chi connectivity index (χ1n) is 11.1. The van der Waals surface area contributed by atoms with E-state index in [9.17, 15) is 13.2 Å². The van der Waals surface area contributed by atoms with Gasteiger partial charge in [-0.05, 0) is 41.0 Å². The highest BCUT2D eigenvalue weighted by molar-refractivity contribution is 7.92. The van der Waals surface area contributed by atoms with Crippen molar-refractivity contribution in [3.63, 3.8) is 0 Å². The summed E-state index contributed by atoms with van der Waals surface area (Å²) < 4.78 is 29.2. The van der Waals surface area contributed by atoms with E-state index in [4.69, 9.17) is 5.73 Å². The van der Waals surface area contributed by atoms with Crippen molar-refractivity contribution in [2.75, 3.05) is 4.72 Å². The smallest absolute Gasteiger partial charge is 0.261 e. The van der Waals surface area contributed by atoms with Crippen LogP contribution < -0.4 is 10.5 Å². The van der Waals surface area contributed by atoms with E-state index in [1.54, 1.807) is 54.7 Å². The number of nitrogens with zero attached hydrogens (tertiary/aromatic N) is 1. The van der Waals surface area contributed by atoms with Gasteiger partial charge in [0.2, 0.25) is 5.91 Å². The van der Waals surface area contributed by atoms with Gasteiger partial charge in [0.05, 0.1) is 16.0 Å². The molecule has 5 aromatic rings. The van der Waals surface area contributed by atoms with Gasteiger partial charge < -0.3 is 10.7 Å². The minimum atomic E-state index is -3.90. The molecule has 4 N–H and O–H groups in total. The number of carbonyl (C=O) groups is 1. The topological polar surface area (TPSA) is 118 Å². The number of amides is 1. The number of pyridine rings is 1. The third-order valence-corrected chi connectivity index (χ3v) is 7.15. The molecule has 0 aliphatic heterocycles. The number of benzene rings is 3. The summed E-state index contributed by atoms with van der Waals surface area (Å²) in [7, 11) is -3.90. The fraction of sp³-hybridized carbons (Fsp3) is 0. The molecule has 0 aliphatic rings. The molecule has 2 heterocycles. The fourth-order valence-corrected chi connectivity index (χ4v) is 5.08. The van der Waals surface area contributed by atoms with E-state index in [0.717, 1.165) is 11.1 Å². The highest BCUT2D eigenvalue weighted by Gasteiger charge is 2.19. The molecule has 0 unspecified atom stereocenters. The molecule has 2 aromatic heterocycles. The minimum Gasteiger partial charge on any atom is -0.366 e. The standard InChI is InChI=1S/C28H22N4O3S/c29-27(33)24(21-9-5-2-6-10-21)17-22-18-31-28-26(22)25(15-16-30-28)32-36(34,35)23-13-11-20(12-14-23)19-7-3-1-4-8-19/h1-18H,(H2,29,33)(H2,30,31,32). The highest BCUT2D eigenvalue weighted by Crippen LogP contribution is 2.31. The lowest BCUT2D eigenvalue weighted by atomic mass is 10.0. The lowest BCUT2D eigenvalue weighted by molar-refractivity contribution is -0.112. The molecule has 36 heavy (non-hydrogen) atoms. The summed E-state index contributed by atoms with van der Waals surface area (Å²) in [6.45, 7) is 0. The van der Waals surface area contributed by atoms with Gasteiger partial charge in [0.1, 0.15) is 5.65 Å². The van der Waals surface area contributed by atoms with Crippen LogP contribution in [0.5, 0.6) is 0 Å². The largest absolute Gasteiger partial charge is 0.366 e. The Kier molecular flexibility index (Phi) is 6.10. The van der Waals surface area contributed by atoms with Crippen LogP contribution in [0.1, 0.15) is 11.1 Å². The van der Waals surface area contributed by atoms with Crippen molar-refractivity contribution >= 4 is 44.3 Å². The monoisotopic (exact) mass is 494 g/mol. The Labute approximate surface area is 208 Å². The second-order valence-electron chi connectivity index (χ2n) is 8.11. The van der Waals surface area contributed by atoms with Gasteiger partial charge in [-0.2, -0.15) is 0 Å². The van der Waals surface area contributed by atoms with E-state index in [2.05, 4.69) is 14.7 Å². The quantitative estimate of drug-likeness (QED) is 0.274. The van der Waals surface area contributed by atoms with Crippen LogP contribution in [0.3, 0.4) is 0 Å². The molecule has 0 bridgehead atoms. The molecule has 5 rings (SSSR count). The number of hydrogen-bond donors (Lipinski definition) is 3. The van der Waals surface area contributed by atoms with E-state index in [-0.39, 0.29) is 4.90 Å². The molecule has 3 aromatic carbocycles. The van der Waals surface area contributed by atoms with Gasteiger partial charge in [0, 0.05) is 23.5 Å². The lowest BCUT2D eigenvalue weighted by Gasteiger charge is -2.11. The number of H-pyrrole nitrogens is 1. The first-order chi connectivity index (χ1) is 17.4. The fourth-order valence-electron chi connectivity index (χ4n) is 4.01. The van der Waals surface area contributed by atoms with Crippen molar-refractivity contribution in [2.45, 2.75) is 4.90 Å². The van der Waals surface area contributed by atoms with Gasteiger partial charge in [-0.15, -0.1) is 0 Å². The van der Waals surface area contributed by atoms with Crippen molar-refractivity contribution in [3.05, 3.63) is 115 Å². The molecule has 0 fully saturated rings. The maximum Gasteiger partial charge on any atom is 0.261 e. The molecule has 1 amide bonds. The zero-order chi connectivity index (χ0) is 25.1. The van der Waals surface area contributed by atoms with E-state index in [1.165, 1.54) is 6.20 Å². The molecule has 7 nitrogen and oxygen atoms in total. The van der Waals surface area contributed by atoms with Crippen LogP contribution in [0.2, 0.25) is 0 Å². The third-order valence-electron chi connectivity index (χ3n) is 5.77. The molecule has 0 atom stereocenters. The van der Waals surface area contributed by atoms with Crippen LogP contribution in [0.4, 0.5) is 5.69 Å². The summed E-state index contributed by atoms with van der Waals surface area (Å²) in [6.07, 6.45) is 4.80. The predicted octanol–water partition coefficient (Wildman–Crippen LogP) is 5.06. The Bertz CT molecular complexity index is 1680. The number of aromatic nitrogens is 2. The molecule has 0 aliphatic carbocycles. The zero-order valence-corrected chi connectivity index (χ0v) is 19.9. The number of sulfonamides is 1. The van der Waals surface area contributed by atoms with Crippen LogP contribution in [0.15, 0.2) is 108 Å². The van der Waals surface area contributed by atoms with Gasteiger partial charge in [0.25, 0.3) is 10.0 Å². The van der Waals surface area contributed by atoms with E-state index < -0.39 is 15.9 Å². The van der Waals surface area contributed by atoms with Crippen LogP contribution in [0, 0.1) is 0 Å². The average Bonchev–Trinajstić information content (AvgIpc) is 3.32. The normalized spacial score (nSPS) is 11.9. The number of nitrogens with one attached hydrogen (secondary N) is 2. The van der Waals surface area contributed by atoms with E-state index in [1.807, 2.05) is 48.5 Å². The van der Waals surface area contributed by atoms with Crippen LogP contribution in [-0.2, 0) is 14.8 Å². The first kappa shape index (κ1) is 23.1. The predicted molar refractivity (Wildman–Crippen MR) is 142 cm³/mol. The van der Waals surface area contributed by atoms with Gasteiger partial charge in [0.15, 0.2) is 0 Å². The number of primary amides is 1. The van der Waals surface area contributed by atoms with E-state index >= 15 is 0 Å². The molecule has 0 radical (unpaired) electrons. The van der Waals surface area contributed by atoms with Crippen molar-refractivity contribution in [3.8, 4) is 11.1 Å². The third kappa shape index (κ3) is 4.62. The number of hydrogen-bond acceptors (Lipinski definition) is 4. The number of fused-ring (bicyclic) bond motifs is 1. The summed E-state index contributed by atoms with van der Waals surface area (Å²) in [6, 6.07) is 27.0. The van der Waals surface area contributed by atoms with Gasteiger partial charge in [-0.25, -0.2) is 13.4 Å². The number of aromatic amines is 1. The van der Waals surface area contributed by atoms with Crippen molar-refractivity contribution in [1.82, 2.24) is 9.97 Å². The second-order valence-corrected chi connectivity index (χ2v) is 9.79. The van der Waals surface area contributed by atoms with Gasteiger partial charge >= 0.3 is 0 Å². The second kappa shape index (κ2) is 9.52. The van der Waals surface area contributed by atoms with Crippen molar-refractivity contribution in [2.24, 2.45) is 5.73 Å². The summed E-state index contributed by atoms with van der Waals surface area (Å²) in [5.74, 6) is -0.597. The molecule has 0 spiro atoms. The Morgan fingerprint density at radius 3 is 2.17 bits per heavy atom. The Balaban J connectivity index is 1.52. The number of nitrogens with two attached hydrogens (primary N) is 1. The average molecular weight is 495 g/mol. The van der Waals surface area contributed by atoms with Crippen LogP contribution in [0.25, 0.3) is 33.8 Å². The number of carbonyl (C=O) groups excluding carboxylic acids is 1. The SMILES string of the molecule is NC(=O)C(=Cc1c[nH]c2nccc(NS(=O)(=O)c3ccc(-c4ccccc4)cc3)c12)c1ccccc1. The van der Waals surface area contributed by atoms with Crippen molar-refractivity contribution in [1.29, 1.82) is 0 Å². The van der Waals surface area contributed by atoms with Crippen LogP contribution >= 0.6 is 0 Å². The van der Waals surface area contributed by atoms with E-state index in [0.29, 0.717) is 33.4 Å². The maximum absolute atomic E-state index is 13.2. The van der Waals surface area contributed by atoms with Crippen LogP contribution in [-0.4, -0.2) is 24.3 Å². The Morgan fingerprint density at radius 1 is 0.861 bits per heavy atom. The summed E-state index contributed by atoms with van der Waals surface area (Å²) in [5.41, 5.74) is 9.90. The van der Waals surface area contributed by atoms with Crippen molar-refractivity contribution < 1.29 is 13.2 Å². The number of anilines is 1. The highest BCUT2D eigenvalue weighted by atomic mass is 32.2. The van der Waals surface area contributed by atoms with Gasteiger partial charge in [-0.1, -0.05) is 72.8 Å². The Morgan fingerprint density at radius 2 is 1.50 bits per heavy atom.